The van der Waals surface area contributed by atoms with Gasteiger partial charge in [0, 0.05) is 16.8 Å². The average Bonchev–Trinajstić information content (AvgIpc) is 3.49. The van der Waals surface area contributed by atoms with Crippen molar-refractivity contribution in [1.82, 2.24) is 0 Å². The maximum absolute atomic E-state index is 2.69. The van der Waals surface area contributed by atoms with Crippen LogP contribution in [0.4, 0.5) is 17.1 Å². The van der Waals surface area contributed by atoms with E-state index in [4.69, 9.17) is 0 Å². The van der Waals surface area contributed by atoms with E-state index >= 15 is 0 Å². The fraction of sp³-hybridized carbons (Fsp3) is 0.333. The van der Waals surface area contributed by atoms with Crippen LogP contribution in [0.2, 0.25) is 0 Å². The van der Waals surface area contributed by atoms with Crippen molar-refractivity contribution >= 4 is 17.1 Å². The van der Waals surface area contributed by atoms with Gasteiger partial charge < -0.3 is 4.90 Å². The summed E-state index contributed by atoms with van der Waals surface area (Å²) in [4.78, 5) is 2.67. The van der Waals surface area contributed by atoms with Crippen LogP contribution in [0.5, 0.6) is 0 Å². The summed E-state index contributed by atoms with van der Waals surface area (Å²) in [7, 11) is 0. The first-order chi connectivity index (χ1) is 26.7. The van der Waals surface area contributed by atoms with E-state index in [-0.39, 0.29) is 16.2 Å². The first-order valence-electron chi connectivity index (χ1n) is 21.2. The van der Waals surface area contributed by atoms with Crippen molar-refractivity contribution in [2.75, 3.05) is 4.90 Å². The number of fused-ring (bicyclic) bond motifs is 4. The number of nitrogens with zero attached hydrogens (tertiary/aromatic N) is 1. The van der Waals surface area contributed by atoms with Crippen molar-refractivity contribution in [3.8, 4) is 33.4 Å². The van der Waals surface area contributed by atoms with Gasteiger partial charge in [-0.25, -0.2) is 0 Å². The highest BCUT2D eigenvalue weighted by atomic mass is 15.1. The lowest BCUT2D eigenvalue weighted by Crippen LogP contribution is -2.55. The van der Waals surface area contributed by atoms with Crippen LogP contribution in [0.3, 0.4) is 0 Å². The largest absolute Gasteiger partial charge is 0.310 e. The molecule has 0 radical (unpaired) electrons. The van der Waals surface area contributed by atoms with E-state index in [1.807, 2.05) is 0 Å². The summed E-state index contributed by atoms with van der Waals surface area (Å²) in [6.07, 6.45) is 9.41. The molecule has 1 spiro atoms. The molecule has 55 heavy (non-hydrogen) atoms. The maximum atomic E-state index is 2.69. The molecule has 6 aromatic rings. The topological polar surface area (TPSA) is 3.24 Å². The molecular weight excluding hydrogens is 663 g/mol. The van der Waals surface area contributed by atoms with Gasteiger partial charge in [0.1, 0.15) is 0 Å². The lowest BCUT2D eigenvalue weighted by atomic mass is 9.43. The molecule has 0 aliphatic heterocycles. The van der Waals surface area contributed by atoms with E-state index in [9.17, 15) is 0 Å². The van der Waals surface area contributed by atoms with Gasteiger partial charge in [-0.15, -0.1) is 0 Å². The Hall–Kier alpha value is -4.88. The van der Waals surface area contributed by atoms with Gasteiger partial charge >= 0.3 is 0 Å². The third kappa shape index (κ3) is 4.97. The molecule has 274 valence electrons. The molecule has 0 aromatic heterocycles. The minimum atomic E-state index is 0.0363. The van der Waals surface area contributed by atoms with Crippen molar-refractivity contribution in [2.45, 2.75) is 88.9 Å². The summed E-state index contributed by atoms with van der Waals surface area (Å²) in [5, 5.41) is 0. The molecule has 0 heterocycles. The average molecular weight is 716 g/mol. The second kappa shape index (κ2) is 12.1. The van der Waals surface area contributed by atoms with Crippen molar-refractivity contribution in [1.29, 1.82) is 0 Å². The van der Waals surface area contributed by atoms with Crippen LogP contribution in [0, 0.1) is 23.7 Å². The Kier molecular flexibility index (Phi) is 7.34. The van der Waals surface area contributed by atoms with Crippen LogP contribution in [0.15, 0.2) is 140 Å². The molecule has 0 unspecified atom stereocenters. The predicted molar refractivity (Wildman–Crippen MR) is 231 cm³/mol. The van der Waals surface area contributed by atoms with Crippen LogP contribution in [-0.2, 0) is 16.2 Å². The monoisotopic (exact) mass is 715 g/mol. The van der Waals surface area contributed by atoms with E-state index in [1.54, 1.807) is 11.1 Å². The number of anilines is 3. The zero-order chi connectivity index (χ0) is 37.1. The van der Waals surface area contributed by atoms with Crippen molar-refractivity contribution < 1.29 is 0 Å². The van der Waals surface area contributed by atoms with E-state index in [0.717, 1.165) is 23.7 Å². The fourth-order valence-electron chi connectivity index (χ4n) is 12.9. The number of benzene rings is 6. The lowest BCUT2D eigenvalue weighted by Gasteiger charge is -2.61. The summed E-state index contributed by atoms with van der Waals surface area (Å²) in [6, 6.07) is 53.7. The highest BCUT2D eigenvalue weighted by Crippen LogP contribution is 2.69. The minimum absolute atomic E-state index is 0.0363. The van der Waals surface area contributed by atoms with Gasteiger partial charge in [0.2, 0.25) is 0 Å². The zero-order valence-corrected chi connectivity index (χ0v) is 33.0. The third-order valence-corrected chi connectivity index (χ3v) is 15.3. The van der Waals surface area contributed by atoms with Gasteiger partial charge in [-0.2, -0.15) is 0 Å². The molecule has 4 fully saturated rings. The Morgan fingerprint density at radius 1 is 0.436 bits per heavy atom. The lowest BCUT2D eigenvalue weighted by molar-refractivity contribution is -0.0399. The van der Waals surface area contributed by atoms with Gasteiger partial charge in [0.15, 0.2) is 0 Å². The SMILES string of the molecule is CC1(C)CCC(C)(C)c2c(N(c3cc(-c4ccccc4)cc(-c4ccccc4)c3)c3ccc4c(c3)C3(c5ccccc5-4)C4CC5CC(C4)CC3C5)cccc21. The molecule has 6 aliphatic carbocycles. The summed E-state index contributed by atoms with van der Waals surface area (Å²) in [6.45, 7) is 9.89. The molecule has 4 bridgehead atoms. The smallest absolute Gasteiger partial charge is 0.0502 e. The van der Waals surface area contributed by atoms with Gasteiger partial charge in [-0.3, -0.25) is 0 Å². The highest BCUT2D eigenvalue weighted by Gasteiger charge is 2.61. The van der Waals surface area contributed by atoms with E-state index in [1.165, 1.54) is 107 Å². The Balaban J connectivity index is 1.19. The van der Waals surface area contributed by atoms with Crippen LogP contribution in [-0.4, -0.2) is 0 Å². The van der Waals surface area contributed by atoms with Crippen LogP contribution in [0.25, 0.3) is 33.4 Å². The number of hydrogen-bond acceptors (Lipinski definition) is 1. The van der Waals surface area contributed by atoms with Crippen LogP contribution >= 0.6 is 0 Å². The molecule has 6 aliphatic rings. The molecule has 0 N–H and O–H groups in total. The Labute approximate surface area is 328 Å². The highest BCUT2D eigenvalue weighted by molar-refractivity contribution is 5.90. The third-order valence-electron chi connectivity index (χ3n) is 15.3. The number of rotatable bonds is 5. The van der Waals surface area contributed by atoms with E-state index < -0.39 is 0 Å². The van der Waals surface area contributed by atoms with Crippen molar-refractivity contribution in [3.63, 3.8) is 0 Å². The quantitative estimate of drug-likeness (QED) is 0.172. The maximum Gasteiger partial charge on any atom is 0.0502 e. The predicted octanol–water partition coefficient (Wildman–Crippen LogP) is 14.6. The normalized spacial score (nSPS) is 26.0. The fourth-order valence-corrected chi connectivity index (χ4v) is 12.9. The van der Waals surface area contributed by atoms with Crippen molar-refractivity contribution in [3.05, 3.63) is 162 Å². The Morgan fingerprint density at radius 2 is 1.00 bits per heavy atom. The second-order valence-electron chi connectivity index (χ2n) is 19.3. The molecular formula is C54H53N. The minimum Gasteiger partial charge on any atom is -0.310 e. The van der Waals surface area contributed by atoms with Gasteiger partial charge in [-0.05, 0) is 171 Å². The Morgan fingerprint density at radius 3 is 1.65 bits per heavy atom. The van der Waals surface area contributed by atoms with Gasteiger partial charge in [-0.1, -0.05) is 131 Å². The van der Waals surface area contributed by atoms with Crippen molar-refractivity contribution in [2.24, 2.45) is 23.7 Å². The molecule has 0 saturated heterocycles. The first-order valence-corrected chi connectivity index (χ1v) is 21.2. The Bertz CT molecular complexity index is 2360. The van der Waals surface area contributed by atoms with Crippen LogP contribution in [0.1, 0.15) is 94.9 Å². The molecule has 4 saturated carbocycles. The second-order valence-corrected chi connectivity index (χ2v) is 19.3. The molecule has 0 atom stereocenters. The number of hydrogen-bond donors (Lipinski definition) is 0. The summed E-state index contributed by atoms with van der Waals surface area (Å²) >= 11 is 0. The van der Waals surface area contributed by atoms with E-state index in [2.05, 4.69) is 172 Å². The van der Waals surface area contributed by atoms with Crippen LogP contribution < -0.4 is 4.90 Å². The molecule has 1 heteroatoms. The summed E-state index contributed by atoms with van der Waals surface area (Å²) < 4.78 is 0. The summed E-state index contributed by atoms with van der Waals surface area (Å²) in [5.41, 5.74) is 18.3. The zero-order valence-electron chi connectivity index (χ0n) is 33.0. The first kappa shape index (κ1) is 33.5. The molecule has 0 amide bonds. The molecule has 1 nitrogen and oxygen atoms in total. The van der Waals surface area contributed by atoms with Gasteiger partial charge in [0.05, 0.1) is 5.69 Å². The molecule has 12 rings (SSSR count). The van der Waals surface area contributed by atoms with E-state index in [0.29, 0.717) is 0 Å². The standard InChI is InChI=1S/C54H53N/c1-52(2)24-25-53(3,4)51-48(52)20-13-21-50(51)55(44-32-39(37-14-7-5-8-15-37)31-40(33-44)38-16-9-6-10-17-38)43-22-23-46-45-18-11-12-19-47(45)54(49(46)34-43)41-27-35-26-36(29-41)30-42(54)28-35/h5-23,31-36,41-42H,24-30H2,1-4H3. The molecule has 6 aromatic carbocycles. The van der Waals surface area contributed by atoms with Gasteiger partial charge in [0.25, 0.3) is 0 Å². The summed E-state index contributed by atoms with van der Waals surface area (Å²) in [5.74, 6) is 3.29.